The molecule has 0 unspecified atom stereocenters. The number of esters is 1. The summed E-state index contributed by atoms with van der Waals surface area (Å²) >= 11 is 0. The number of pyridine rings is 1. The number of aromatic nitrogens is 1. The summed E-state index contributed by atoms with van der Waals surface area (Å²) < 4.78 is 11.1. The maximum absolute atomic E-state index is 12.7. The van der Waals surface area contributed by atoms with Crippen molar-refractivity contribution in [2.24, 2.45) is 16.7 Å². The third kappa shape index (κ3) is 3.82. The average Bonchev–Trinajstić information content (AvgIpc) is 3.31. The van der Waals surface area contributed by atoms with Crippen LogP contribution in [-0.4, -0.2) is 29.2 Å². The number of methoxy groups -OCH3 is 1. The van der Waals surface area contributed by atoms with Crippen molar-refractivity contribution in [2.45, 2.75) is 33.8 Å². The van der Waals surface area contributed by atoms with Crippen LogP contribution in [0.5, 0.6) is 5.75 Å². The summed E-state index contributed by atoms with van der Waals surface area (Å²) in [5.74, 6) is -1.02. The summed E-state index contributed by atoms with van der Waals surface area (Å²) in [6, 6.07) is 17.5. The largest absolute Gasteiger partial charge is 0.489 e. The number of hydroxylamine groups is 1. The van der Waals surface area contributed by atoms with Gasteiger partial charge in [0.1, 0.15) is 12.4 Å². The topological polar surface area (TPSA) is 97.8 Å². The number of ether oxygens (including phenoxy) is 2. The van der Waals surface area contributed by atoms with E-state index < -0.39 is 28.6 Å². The molecule has 0 radical (unpaired) electrons. The number of carbonyl (C=O) groups excluding carboxylic acids is 2. The Labute approximate surface area is 192 Å². The number of benzene rings is 2. The molecule has 7 heteroatoms. The zero-order chi connectivity index (χ0) is 23.8. The van der Waals surface area contributed by atoms with Gasteiger partial charge in [0.05, 0.1) is 24.0 Å². The summed E-state index contributed by atoms with van der Waals surface area (Å²) in [6.45, 7) is 6.04. The van der Waals surface area contributed by atoms with E-state index in [1.165, 1.54) is 7.11 Å². The van der Waals surface area contributed by atoms with Crippen LogP contribution in [0.15, 0.2) is 54.6 Å². The monoisotopic (exact) mass is 448 g/mol. The Kier molecular flexibility index (Phi) is 5.84. The van der Waals surface area contributed by atoms with E-state index >= 15 is 0 Å². The lowest BCUT2D eigenvalue weighted by Gasteiger charge is -2.18. The molecular weight excluding hydrogens is 420 g/mol. The molecule has 1 fully saturated rings. The molecule has 1 heterocycles. The van der Waals surface area contributed by atoms with Gasteiger partial charge in [0, 0.05) is 16.6 Å². The van der Waals surface area contributed by atoms with Gasteiger partial charge in [-0.15, -0.1) is 0 Å². The molecule has 1 saturated carbocycles. The Morgan fingerprint density at radius 1 is 1.12 bits per heavy atom. The van der Waals surface area contributed by atoms with Gasteiger partial charge in [-0.25, -0.2) is 5.48 Å². The van der Waals surface area contributed by atoms with Crippen LogP contribution in [0.2, 0.25) is 0 Å². The second-order valence-corrected chi connectivity index (χ2v) is 9.14. The van der Waals surface area contributed by atoms with Gasteiger partial charge in [-0.05, 0) is 48.6 Å². The van der Waals surface area contributed by atoms with E-state index in [0.29, 0.717) is 18.8 Å². The van der Waals surface area contributed by atoms with Crippen molar-refractivity contribution in [1.29, 1.82) is 0 Å². The number of hydrogen-bond acceptors (Lipinski definition) is 6. The second-order valence-electron chi connectivity index (χ2n) is 9.14. The standard InChI is InChI=1S/C26H28N2O5/c1-16-13-18(20-7-5-6-8-21(20)27-16)15-33-19-11-9-17(10-12-19)14-26(24(30)32-4)22(23(29)28-31)25(26,2)3/h5-13,22,31H,14-15H2,1-4H3,(H,28,29)/t22-,26+/m1/s1. The van der Waals surface area contributed by atoms with E-state index in [1.807, 2.05) is 75.4 Å². The molecule has 3 aromatic rings. The first-order valence-corrected chi connectivity index (χ1v) is 10.8. The molecule has 0 saturated heterocycles. The second kappa shape index (κ2) is 8.48. The minimum atomic E-state index is -1.04. The molecule has 1 aliphatic rings. The quantitative estimate of drug-likeness (QED) is 0.322. The number of nitrogens with one attached hydrogen (secondary N) is 1. The molecule has 2 aromatic carbocycles. The third-order valence-electron chi connectivity index (χ3n) is 6.93. The Balaban J connectivity index is 1.51. The van der Waals surface area contributed by atoms with Gasteiger partial charge < -0.3 is 9.47 Å². The smallest absolute Gasteiger partial charge is 0.313 e. The van der Waals surface area contributed by atoms with Crippen molar-refractivity contribution in [2.75, 3.05) is 7.11 Å². The first-order valence-electron chi connectivity index (χ1n) is 10.8. The number of nitrogens with zero attached hydrogens (tertiary/aromatic N) is 1. The highest BCUT2D eigenvalue weighted by atomic mass is 16.5. The van der Waals surface area contributed by atoms with Gasteiger partial charge in [-0.3, -0.25) is 19.8 Å². The third-order valence-corrected chi connectivity index (χ3v) is 6.93. The highest BCUT2D eigenvalue weighted by Crippen LogP contribution is 2.70. The zero-order valence-corrected chi connectivity index (χ0v) is 19.2. The lowest BCUT2D eigenvalue weighted by atomic mass is 9.88. The van der Waals surface area contributed by atoms with Crippen molar-refractivity contribution in [3.63, 3.8) is 0 Å². The van der Waals surface area contributed by atoms with E-state index in [2.05, 4.69) is 4.98 Å². The van der Waals surface area contributed by atoms with Crippen molar-refractivity contribution < 1.29 is 24.3 Å². The molecule has 172 valence electrons. The van der Waals surface area contributed by atoms with Crippen molar-refractivity contribution in [1.82, 2.24) is 10.5 Å². The highest BCUT2D eigenvalue weighted by molar-refractivity contribution is 5.95. The van der Waals surface area contributed by atoms with Crippen LogP contribution in [0, 0.1) is 23.7 Å². The van der Waals surface area contributed by atoms with Crippen LogP contribution < -0.4 is 10.2 Å². The molecule has 0 spiro atoms. The van der Waals surface area contributed by atoms with Gasteiger partial charge in [0.15, 0.2) is 0 Å². The van der Waals surface area contributed by atoms with Crippen LogP contribution in [-0.2, 0) is 27.4 Å². The Morgan fingerprint density at radius 3 is 2.48 bits per heavy atom. The maximum atomic E-state index is 12.7. The molecule has 33 heavy (non-hydrogen) atoms. The fourth-order valence-corrected chi connectivity index (χ4v) is 5.14. The zero-order valence-electron chi connectivity index (χ0n) is 19.2. The Morgan fingerprint density at radius 2 is 1.82 bits per heavy atom. The number of hydrogen-bond donors (Lipinski definition) is 2. The van der Waals surface area contributed by atoms with Crippen LogP contribution in [0.1, 0.15) is 30.7 Å². The molecular formula is C26H28N2O5. The molecule has 1 aliphatic carbocycles. The minimum Gasteiger partial charge on any atom is -0.489 e. The van der Waals surface area contributed by atoms with Gasteiger partial charge in [0.25, 0.3) is 0 Å². The lowest BCUT2D eigenvalue weighted by molar-refractivity contribution is -0.150. The number of para-hydroxylation sites is 1. The Bertz CT molecular complexity index is 1210. The summed E-state index contributed by atoms with van der Waals surface area (Å²) in [6.07, 6.45) is 0.319. The van der Waals surface area contributed by atoms with Crippen molar-refractivity contribution in [3.05, 3.63) is 71.4 Å². The summed E-state index contributed by atoms with van der Waals surface area (Å²) in [7, 11) is 1.31. The first kappa shape index (κ1) is 22.7. The molecule has 1 amide bonds. The maximum Gasteiger partial charge on any atom is 0.313 e. The molecule has 7 nitrogen and oxygen atoms in total. The summed E-state index contributed by atoms with van der Waals surface area (Å²) in [5, 5.41) is 10.2. The summed E-state index contributed by atoms with van der Waals surface area (Å²) in [5.41, 5.74) is 3.81. The van der Waals surface area contributed by atoms with Crippen LogP contribution >= 0.6 is 0 Å². The molecule has 0 aliphatic heterocycles. The van der Waals surface area contributed by atoms with Crippen LogP contribution in [0.25, 0.3) is 10.9 Å². The highest BCUT2D eigenvalue weighted by Gasteiger charge is 2.78. The first-order chi connectivity index (χ1) is 15.7. The van der Waals surface area contributed by atoms with Gasteiger partial charge in [-0.1, -0.05) is 44.2 Å². The van der Waals surface area contributed by atoms with Gasteiger partial charge >= 0.3 is 5.97 Å². The average molecular weight is 449 g/mol. The Hall–Kier alpha value is -3.45. The number of aryl methyl sites for hydroxylation is 1. The predicted molar refractivity (Wildman–Crippen MR) is 123 cm³/mol. The normalized spacial score (nSPS) is 20.8. The molecule has 0 bridgehead atoms. The number of carbonyl (C=O) groups is 2. The summed E-state index contributed by atoms with van der Waals surface area (Å²) in [4.78, 5) is 29.5. The number of amides is 1. The fraction of sp³-hybridized carbons (Fsp3) is 0.346. The van der Waals surface area contributed by atoms with E-state index in [4.69, 9.17) is 14.7 Å². The molecule has 1 aromatic heterocycles. The van der Waals surface area contributed by atoms with Crippen LogP contribution in [0.3, 0.4) is 0 Å². The van der Waals surface area contributed by atoms with Crippen molar-refractivity contribution >= 4 is 22.8 Å². The van der Waals surface area contributed by atoms with E-state index in [0.717, 1.165) is 27.7 Å². The number of rotatable bonds is 7. The van der Waals surface area contributed by atoms with E-state index in [9.17, 15) is 9.59 Å². The van der Waals surface area contributed by atoms with Crippen LogP contribution in [0.4, 0.5) is 0 Å². The molecule has 2 N–H and O–H groups in total. The molecule has 4 rings (SSSR count). The van der Waals surface area contributed by atoms with E-state index in [1.54, 1.807) is 5.48 Å². The lowest BCUT2D eigenvalue weighted by Crippen LogP contribution is -2.30. The predicted octanol–water partition coefficient (Wildman–Crippen LogP) is 3.99. The van der Waals surface area contributed by atoms with Crippen molar-refractivity contribution in [3.8, 4) is 5.75 Å². The molecule has 2 atom stereocenters. The fourth-order valence-electron chi connectivity index (χ4n) is 5.14. The minimum absolute atomic E-state index is 0.319. The SMILES string of the molecule is COC(=O)[C@]1(Cc2ccc(OCc3cc(C)nc4ccccc34)cc2)[C@H](C(=O)NO)C1(C)C. The van der Waals surface area contributed by atoms with E-state index in [-0.39, 0.29) is 0 Å². The number of fused-ring (bicyclic) bond motifs is 1. The van der Waals surface area contributed by atoms with Gasteiger partial charge in [-0.2, -0.15) is 0 Å². The van der Waals surface area contributed by atoms with Gasteiger partial charge in [0.2, 0.25) is 5.91 Å².